The van der Waals surface area contributed by atoms with Crippen LogP contribution in [0, 0.1) is 5.92 Å². The summed E-state index contributed by atoms with van der Waals surface area (Å²) in [7, 11) is 4.12. The van der Waals surface area contributed by atoms with E-state index in [0.29, 0.717) is 13.2 Å². The van der Waals surface area contributed by atoms with E-state index in [-0.39, 0.29) is 24.0 Å². The summed E-state index contributed by atoms with van der Waals surface area (Å²) in [5.74, 6) is 1.74. The molecule has 23 heavy (non-hydrogen) atoms. The van der Waals surface area contributed by atoms with Crippen LogP contribution < -0.4 is 5.32 Å². The van der Waals surface area contributed by atoms with Crippen molar-refractivity contribution in [2.45, 2.75) is 26.3 Å². The number of halogens is 2. The van der Waals surface area contributed by atoms with Gasteiger partial charge in [-0.2, -0.15) is 0 Å². The molecule has 7 heteroatoms. The van der Waals surface area contributed by atoms with Gasteiger partial charge in [0.25, 0.3) is 0 Å². The molecule has 1 aliphatic rings. The molecule has 1 saturated carbocycles. The molecule has 0 atom stereocenters. The van der Waals surface area contributed by atoms with Gasteiger partial charge in [-0.15, -0.1) is 24.0 Å². The van der Waals surface area contributed by atoms with E-state index in [1.54, 1.807) is 0 Å². The fraction of sp³-hybridized carbons (Fsp3) is 0.688. The van der Waals surface area contributed by atoms with Crippen LogP contribution >= 0.6 is 39.9 Å². The zero-order valence-electron chi connectivity index (χ0n) is 14.2. The summed E-state index contributed by atoms with van der Waals surface area (Å²) in [6.07, 6.45) is 4.74. The molecule has 2 rings (SSSR count). The van der Waals surface area contributed by atoms with Gasteiger partial charge in [-0.05, 0) is 47.7 Å². The number of ether oxygens (including phenoxy) is 1. The van der Waals surface area contributed by atoms with E-state index in [2.05, 4.69) is 69.0 Å². The summed E-state index contributed by atoms with van der Waals surface area (Å²) in [6, 6.07) is 2.14. The second kappa shape index (κ2) is 10.6. The van der Waals surface area contributed by atoms with Crippen LogP contribution in [0.3, 0.4) is 0 Å². The Morgan fingerprint density at radius 2 is 2.26 bits per heavy atom. The third-order valence-corrected chi connectivity index (χ3v) is 4.15. The Kier molecular flexibility index (Phi) is 9.53. The molecule has 1 fully saturated rings. The van der Waals surface area contributed by atoms with Crippen molar-refractivity contribution in [3.63, 3.8) is 0 Å². The maximum Gasteiger partial charge on any atom is 0.194 e. The van der Waals surface area contributed by atoms with E-state index in [1.807, 2.05) is 0 Å². The van der Waals surface area contributed by atoms with Crippen LogP contribution in [-0.4, -0.2) is 48.8 Å². The van der Waals surface area contributed by atoms with Crippen molar-refractivity contribution in [2.24, 2.45) is 18.0 Å². The Bertz CT molecular complexity index is 502. The van der Waals surface area contributed by atoms with Gasteiger partial charge in [0.1, 0.15) is 0 Å². The molecule has 1 heterocycles. The zero-order chi connectivity index (χ0) is 15.9. The number of aromatic nitrogens is 1. The minimum absolute atomic E-state index is 0. The fourth-order valence-corrected chi connectivity index (χ4v) is 2.83. The highest BCUT2D eigenvalue weighted by molar-refractivity contribution is 14.0. The molecule has 0 spiro atoms. The maximum atomic E-state index is 5.64. The second-order valence-electron chi connectivity index (χ2n) is 5.87. The van der Waals surface area contributed by atoms with Crippen molar-refractivity contribution in [3.05, 3.63) is 22.4 Å². The Labute approximate surface area is 165 Å². The Hall–Kier alpha value is -0.280. The third-order valence-electron chi connectivity index (χ3n) is 3.72. The summed E-state index contributed by atoms with van der Waals surface area (Å²) in [4.78, 5) is 6.79. The lowest BCUT2D eigenvalue weighted by Gasteiger charge is -2.22. The lowest BCUT2D eigenvalue weighted by Crippen LogP contribution is -2.39. The van der Waals surface area contributed by atoms with Crippen molar-refractivity contribution in [1.29, 1.82) is 0 Å². The lowest BCUT2D eigenvalue weighted by molar-refractivity contribution is 0.131. The van der Waals surface area contributed by atoms with E-state index >= 15 is 0 Å². The molecule has 0 radical (unpaired) electrons. The highest BCUT2D eigenvalue weighted by Gasteiger charge is 2.20. The van der Waals surface area contributed by atoms with Crippen LogP contribution in [0.2, 0.25) is 0 Å². The largest absolute Gasteiger partial charge is 0.379 e. The molecule has 132 valence electrons. The molecule has 1 N–H and O–H groups in total. The normalized spacial score (nSPS) is 14.5. The molecule has 1 aliphatic carbocycles. The first-order valence-corrected chi connectivity index (χ1v) is 8.77. The van der Waals surface area contributed by atoms with Crippen LogP contribution in [0.25, 0.3) is 0 Å². The van der Waals surface area contributed by atoms with Gasteiger partial charge in [0.2, 0.25) is 0 Å². The molecular weight excluding hydrogens is 471 g/mol. The molecular formula is C16H28BrIN4O. The monoisotopic (exact) mass is 498 g/mol. The zero-order valence-corrected chi connectivity index (χ0v) is 18.1. The van der Waals surface area contributed by atoms with Gasteiger partial charge in [-0.1, -0.05) is 0 Å². The van der Waals surface area contributed by atoms with Gasteiger partial charge >= 0.3 is 0 Å². The topological polar surface area (TPSA) is 41.8 Å². The van der Waals surface area contributed by atoms with Gasteiger partial charge < -0.3 is 19.5 Å². The van der Waals surface area contributed by atoms with Gasteiger partial charge in [0, 0.05) is 43.6 Å². The number of nitrogens with zero attached hydrogens (tertiary/aromatic N) is 3. The number of aryl methyl sites for hydroxylation is 1. The van der Waals surface area contributed by atoms with Gasteiger partial charge in [0.15, 0.2) is 5.96 Å². The van der Waals surface area contributed by atoms with E-state index in [9.17, 15) is 0 Å². The standard InChI is InChI=1S/C16H27BrN4O.HI/c1-4-18-16(19-7-8-22-12-13-5-6-13)21(3)11-15-9-14(17)10-20(15)2;/h9-10,13H,4-8,11-12H2,1-3H3,(H,18,19);1H. The summed E-state index contributed by atoms with van der Waals surface area (Å²) in [5.41, 5.74) is 1.24. The van der Waals surface area contributed by atoms with Gasteiger partial charge in [0.05, 0.1) is 19.7 Å². The molecule has 0 aliphatic heterocycles. The predicted molar refractivity (Wildman–Crippen MR) is 110 cm³/mol. The molecule has 1 aromatic heterocycles. The third kappa shape index (κ3) is 7.43. The molecule has 5 nitrogen and oxygen atoms in total. The fourth-order valence-electron chi connectivity index (χ4n) is 2.26. The molecule has 0 amide bonds. The molecule has 0 saturated heterocycles. The van der Waals surface area contributed by atoms with Crippen LogP contribution in [0.4, 0.5) is 0 Å². The van der Waals surface area contributed by atoms with Gasteiger partial charge in [-0.25, -0.2) is 0 Å². The van der Waals surface area contributed by atoms with Crippen LogP contribution in [0.5, 0.6) is 0 Å². The minimum atomic E-state index is 0. The summed E-state index contributed by atoms with van der Waals surface area (Å²) >= 11 is 3.51. The number of guanidine groups is 1. The quantitative estimate of drug-likeness (QED) is 0.259. The Balaban J connectivity index is 0.00000264. The van der Waals surface area contributed by atoms with Crippen LogP contribution in [0.15, 0.2) is 21.7 Å². The Morgan fingerprint density at radius 1 is 1.52 bits per heavy atom. The van der Waals surface area contributed by atoms with Crippen LogP contribution in [0.1, 0.15) is 25.5 Å². The van der Waals surface area contributed by atoms with Crippen LogP contribution in [-0.2, 0) is 18.3 Å². The maximum absolute atomic E-state index is 5.64. The number of hydrogen-bond donors (Lipinski definition) is 1. The Morgan fingerprint density at radius 3 is 2.83 bits per heavy atom. The molecule has 1 aromatic rings. The first-order valence-electron chi connectivity index (χ1n) is 7.98. The SMILES string of the molecule is CCNC(=NCCOCC1CC1)N(C)Cc1cc(Br)cn1C.I. The van der Waals surface area contributed by atoms with E-state index < -0.39 is 0 Å². The number of aliphatic imine (C=N–C) groups is 1. The minimum Gasteiger partial charge on any atom is -0.379 e. The summed E-state index contributed by atoms with van der Waals surface area (Å²) in [5, 5.41) is 3.34. The van der Waals surface area contributed by atoms with Crippen molar-refractivity contribution in [2.75, 3.05) is 33.4 Å². The van der Waals surface area contributed by atoms with Gasteiger partial charge in [-0.3, -0.25) is 4.99 Å². The number of rotatable bonds is 8. The van der Waals surface area contributed by atoms with Crippen molar-refractivity contribution in [1.82, 2.24) is 14.8 Å². The number of nitrogens with one attached hydrogen (secondary N) is 1. The average molecular weight is 499 g/mol. The van der Waals surface area contributed by atoms with E-state index in [1.165, 1.54) is 18.5 Å². The average Bonchev–Trinajstić information content (AvgIpc) is 3.23. The van der Waals surface area contributed by atoms with Crippen molar-refractivity contribution in [3.8, 4) is 0 Å². The first kappa shape index (κ1) is 20.8. The predicted octanol–water partition coefficient (Wildman–Crippen LogP) is 3.23. The second-order valence-corrected chi connectivity index (χ2v) is 6.79. The van der Waals surface area contributed by atoms with E-state index in [0.717, 1.165) is 36.0 Å². The van der Waals surface area contributed by atoms with E-state index in [4.69, 9.17) is 4.74 Å². The first-order chi connectivity index (χ1) is 10.6. The smallest absolute Gasteiger partial charge is 0.194 e. The highest BCUT2D eigenvalue weighted by Crippen LogP contribution is 2.28. The lowest BCUT2D eigenvalue weighted by atomic mass is 10.4. The molecule has 0 unspecified atom stereocenters. The van der Waals surface area contributed by atoms with Crippen molar-refractivity contribution >= 4 is 45.9 Å². The van der Waals surface area contributed by atoms with Crippen molar-refractivity contribution < 1.29 is 4.74 Å². The number of hydrogen-bond acceptors (Lipinski definition) is 2. The summed E-state index contributed by atoms with van der Waals surface area (Å²) < 4.78 is 8.88. The molecule has 0 aromatic carbocycles. The molecule has 0 bridgehead atoms. The highest BCUT2D eigenvalue weighted by atomic mass is 127. The summed E-state index contributed by atoms with van der Waals surface area (Å²) in [6.45, 7) is 6.08.